The number of carbonyl (C=O) groups is 4. The molecule has 4 atom stereocenters. The fourth-order valence-corrected chi connectivity index (χ4v) is 4.68. The summed E-state index contributed by atoms with van der Waals surface area (Å²) in [6.45, 7) is 3.02. The lowest BCUT2D eigenvalue weighted by molar-refractivity contribution is -0.159. The Morgan fingerprint density at radius 2 is 1.90 bits per heavy atom. The van der Waals surface area contributed by atoms with Gasteiger partial charge in [-0.25, -0.2) is 28.7 Å². The van der Waals surface area contributed by atoms with E-state index in [9.17, 15) is 29.1 Å². The van der Waals surface area contributed by atoms with Crippen LogP contribution in [0, 0.1) is 5.41 Å². The molecule has 1 aliphatic heterocycles. The number of carbonyl (C=O) groups excluding carboxylic acids is 3. The lowest BCUT2D eigenvalue weighted by atomic mass is 10.1. The third-order valence-electron chi connectivity index (χ3n) is 7.46. The first-order chi connectivity index (χ1) is 24.2. The van der Waals surface area contributed by atoms with Crippen molar-refractivity contribution in [2.24, 2.45) is 11.5 Å². The van der Waals surface area contributed by atoms with Crippen LogP contribution >= 0.6 is 0 Å². The average molecular weight is 713 g/mol. The van der Waals surface area contributed by atoms with Crippen LogP contribution in [-0.4, -0.2) is 105 Å². The van der Waals surface area contributed by atoms with Gasteiger partial charge in [0.1, 0.15) is 5.82 Å². The first-order valence-electron chi connectivity index (χ1n) is 15.9. The molecule has 3 heterocycles. The largest absolute Gasteiger partial charge is 0.479 e. The quantitative estimate of drug-likeness (QED) is 0.0544. The normalized spacial score (nSPS) is 17.0. The Balaban J connectivity index is 0.000000293. The first kappa shape index (κ1) is 39.4. The van der Waals surface area contributed by atoms with Crippen LogP contribution in [0.1, 0.15) is 38.8 Å². The maximum atomic E-state index is 12.3. The zero-order valence-electron chi connectivity index (χ0n) is 28.4. The van der Waals surface area contributed by atoms with Gasteiger partial charge in [0.05, 0.1) is 24.2 Å². The maximum absolute atomic E-state index is 12.3. The van der Waals surface area contributed by atoms with Crippen LogP contribution in [0.15, 0.2) is 53.5 Å². The number of aromatic nitrogens is 4. The molecule has 0 fully saturated rings. The van der Waals surface area contributed by atoms with Gasteiger partial charge in [0.15, 0.2) is 18.3 Å². The van der Waals surface area contributed by atoms with Gasteiger partial charge in [0.25, 0.3) is 0 Å². The van der Waals surface area contributed by atoms with Crippen LogP contribution in [0.2, 0.25) is 0 Å². The predicted molar refractivity (Wildman–Crippen MR) is 187 cm³/mol. The summed E-state index contributed by atoms with van der Waals surface area (Å²) in [5.74, 6) is -1.70. The lowest BCUT2D eigenvalue weighted by Gasteiger charge is -2.31. The molecular formula is C31H44N12O8. The van der Waals surface area contributed by atoms with E-state index in [2.05, 4.69) is 30.7 Å². The Hall–Kier alpha value is -6.02. The number of imidazole rings is 1. The van der Waals surface area contributed by atoms with Crippen LogP contribution in [0.25, 0.3) is 11.0 Å². The average Bonchev–Trinajstić information content (AvgIpc) is 3.45. The third kappa shape index (κ3) is 11.3. The molecule has 3 aromatic rings. The first-order valence-corrected chi connectivity index (χ1v) is 15.9. The summed E-state index contributed by atoms with van der Waals surface area (Å²) in [5.41, 5.74) is 17.3. The van der Waals surface area contributed by atoms with E-state index in [0.29, 0.717) is 30.5 Å². The number of nitrogens with two attached hydrogens (primary N) is 3. The number of unbranched alkanes of at least 4 members (excludes halogenated alkanes) is 1. The Kier molecular flexibility index (Phi) is 14.4. The highest BCUT2D eigenvalue weighted by Gasteiger charge is 2.35. The number of hydrogen-bond donors (Lipinski definition) is 8. The minimum absolute atomic E-state index is 0.0294. The molecule has 20 nitrogen and oxygen atoms in total. The summed E-state index contributed by atoms with van der Waals surface area (Å²) in [4.78, 5) is 68.8. The van der Waals surface area contributed by atoms with Gasteiger partial charge < -0.3 is 47.3 Å². The summed E-state index contributed by atoms with van der Waals surface area (Å²) in [6, 6.07) is 6.76. The van der Waals surface area contributed by atoms with E-state index in [4.69, 9.17) is 27.3 Å². The molecule has 20 heteroatoms. The van der Waals surface area contributed by atoms with Gasteiger partial charge in [-0.05, 0) is 37.1 Å². The molecule has 1 aliphatic rings. The molecule has 0 saturated heterocycles. The standard InChI is InChI=1S/C17H26N8O5.C14H18N4O3/c1-24(16(20)21)6-4-9(18)8-12(26)22-10-2-3-13(30-14(10)15(27)28)25-7-5-11(19)23-17(25)29;1-3-4-9-15-13(19)18-11-8-6-5-7-10(11)16-12(18)17-14(20)21-2/h2-3,5,7,9-10,13-14H,4,6,8,18H2,1H3,(H3,20,21)(H,22,26)(H,27,28)(H2,19,23,29);5-8H,3-4,9H2,1-2H3,(H,15,19)(H,16,17,20)/t9?,10-,13+,14-;/m0./s1. The highest BCUT2D eigenvalue weighted by Crippen LogP contribution is 2.21. The van der Waals surface area contributed by atoms with Gasteiger partial charge in [-0.2, -0.15) is 4.98 Å². The molecule has 1 aromatic carbocycles. The highest BCUT2D eigenvalue weighted by molar-refractivity contribution is 5.96. The minimum Gasteiger partial charge on any atom is -0.479 e. The van der Waals surface area contributed by atoms with Crippen LogP contribution < -0.4 is 38.8 Å². The number of carboxylic acid groups (broad SMARTS) is 1. The molecule has 2 aromatic heterocycles. The van der Waals surface area contributed by atoms with E-state index >= 15 is 0 Å². The number of rotatable bonds is 12. The van der Waals surface area contributed by atoms with Crippen molar-refractivity contribution < 1.29 is 33.8 Å². The number of aliphatic carboxylic acids is 1. The Bertz CT molecular complexity index is 1790. The van der Waals surface area contributed by atoms with Crippen molar-refractivity contribution in [3.05, 3.63) is 59.2 Å². The van der Waals surface area contributed by atoms with Crippen LogP contribution in [0.3, 0.4) is 0 Å². The van der Waals surface area contributed by atoms with E-state index in [1.54, 1.807) is 19.2 Å². The predicted octanol–water partition coefficient (Wildman–Crippen LogP) is 0.354. The molecule has 0 aliphatic carbocycles. The molecule has 4 rings (SSSR count). The number of guanidine groups is 1. The van der Waals surface area contributed by atoms with E-state index in [1.165, 1.54) is 41.0 Å². The molecule has 0 spiro atoms. The van der Waals surface area contributed by atoms with Crippen molar-refractivity contribution in [2.75, 3.05) is 38.3 Å². The summed E-state index contributed by atoms with van der Waals surface area (Å²) in [7, 11) is 2.89. The van der Waals surface area contributed by atoms with Crippen molar-refractivity contribution in [3.63, 3.8) is 0 Å². The number of para-hydroxylation sites is 2. The molecule has 276 valence electrons. The monoisotopic (exact) mass is 712 g/mol. The number of amides is 3. The second-order valence-corrected chi connectivity index (χ2v) is 11.3. The Morgan fingerprint density at radius 1 is 1.18 bits per heavy atom. The number of benzene rings is 1. The number of nitrogens with one attached hydrogen (secondary N) is 4. The zero-order chi connectivity index (χ0) is 37.7. The summed E-state index contributed by atoms with van der Waals surface area (Å²) < 4.78 is 12.5. The maximum Gasteiger partial charge on any atom is 0.413 e. The summed E-state index contributed by atoms with van der Waals surface area (Å²) in [6.07, 6.45) is 3.37. The van der Waals surface area contributed by atoms with Crippen molar-refractivity contribution in [1.29, 1.82) is 5.41 Å². The highest BCUT2D eigenvalue weighted by atomic mass is 16.5. The fourth-order valence-electron chi connectivity index (χ4n) is 4.68. The summed E-state index contributed by atoms with van der Waals surface area (Å²) in [5, 5.41) is 24.6. The smallest absolute Gasteiger partial charge is 0.413 e. The Morgan fingerprint density at radius 3 is 2.55 bits per heavy atom. The van der Waals surface area contributed by atoms with Gasteiger partial charge in [-0.15, -0.1) is 0 Å². The lowest BCUT2D eigenvalue weighted by Crippen LogP contribution is -2.51. The molecule has 11 N–H and O–H groups in total. The number of carboxylic acids is 1. The van der Waals surface area contributed by atoms with Crippen molar-refractivity contribution in [1.82, 2.24) is 34.6 Å². The van der Waals surface area contributed by atoms with E-state index in [1.807, 2.05) is 19.1 Å². The van der Waals surface area contributed by atoms with Crippen molar-refractivity contribution in [3.8, 4) is 0 Å². The number of fused-ring (bicyclic) bond motifs is 1. The van der Waals surface area contributed by atoms with E-state index in [-0.39, 0.29) is 30.2 Å². The van der Waals surface area contributed by atoms with Crippen LogP contribution in [0.5, 0.6) is 0 Å². The van der Waals surface area contributed by atoms with Crippen molar-refractivity contribution in [2.45, 2.75) is 57.0 Å². The van der Waals surface area contributed by atoms with Gasteiger partial charge in [-0.3, -0.25) is 20.1 Å². The SMILES string of the molecule is CCCCNC(=O)n1c(NC(=O)OC)nc2ccccc21.CN(CCC(N)CC(=O)N[C@H]1C=C[C@H](n2ccc(N)nc2=O)O[C@@H]1C(=O)O)C(=N)N. The minimum atomic E-state index is -1.42. The van der Waals surface area contributed by atoms with Crippen LogP contribution in [-0.2, 0) is 19.1 Å². The molecular weight excluding hydrogens is 668 g/mol. The van der Waals surface area contributed by atoms with E-state index in [0.717, 1.165) is 17.4 Å². The fraction of sp³-hybridized carbons (Fsp3) is 0.419. The number of nitrogens with zero attached hydrogens (tertiary/aromatic N) is 5. The van der Waals surface area contributed by atoms with Gasteiger partial charge >= 0.3 is 23.8 Å². The molecule has 3 amide bonds. The number of nitrogen functional groups attached to an aromatic ring is 1. The van der Waals surface area contributed by atoms with Crippen molar-refractivity contribution >= 4 is 52.8 Å². The molecule has 51 heavy (non-hydrogen) atoms. The zero-order valence-corrected chi connectivity index (χ0v) is 28.4. The third-order valence-corrected chi connectivity index (χ3v) is 7.46. The second-order valence-electron chi connectivity index (χ2n) is 11.3. The van der Waals surface area contributed by atoms with E-state index < -0.39 is 48.1 Å². The topological polar surface area (TPSA) is 301 Å². The van der Waals surface area contributed by atoms with Gasteiger partial charge in [0.2, 0.25) is 11.9 Å². The number of methoxy groups -OCH3 is 1. The number of ether oxygens (including phenoxy) is 2. The van der Waals surface area contributed by atoms with Gasteiger partial charge in [0, 0.05) is 38.8 Å². The van der Waals surface area contributed by atoms with Crippen LogP contribution in [0.4, 0.5) is 21.4 Å². The number of anilines is 2. The van der Waals surface area contributed by atoms with Gasteiger partial charge in [-0.1, -0.05) is 31.6 Å². The molecule has 0 saturated carbocycles. The molecule has 1 unspecified atom stereocenters. The Labute approximate surface area is 292 Å². The number of hydrogen-bond acceptors (Lipinski definition) is 12. The molecule has 0 radical (unpaired) electrons. The molecule has 0 bridgehead atoms. The summed E-state index contributed by atoms with van der Waals surface area (Å²) >= 11 is 0. The second kappa shape index (κ2) is 18.7.